The molecule has 0 saturated heterocycles. The van der Waals surface area contributed by atoms with E-state index in [2.05, 4.69) is 37.2 Å². The number of likely N-dealkylation sites (N-methyl/N-ethyl adjacent to an activating group) is 2. The van der Waals surface area contributed by atoms with Gasteiger partial charge in [0.25, 0.3) is 0 Å². The molecule has 0 aliphatic rings. The molecule has 0 heterocycles. The van der Waals surface area contributed by atoms with Crippen molar-refractivity contribution >= 4 is 35.3 Å². The van der Waals surface area contributed by atoms with E-state index in [0.717, 1.165) is 32.5 Å². The monoisotopic (exact) mass is 870 g/mol. The molecule has 0 aliphatic heterocycles. The van der Waals surface area contributed by atoms with Gasteiger partial charge in [-0.3, -0.25) is 28.8 Å². The van der Waals surface area contributed by atoms with E-state index in [-0.39, 0.29) is 61.7 Å². The molecular formula is C39H79N7O14. The van der Waals surface area contributed by atoms with Crippen molar-refractivity contribution in [3.05, 3.63) is 0 Å². The van der Waals surface area contributed by atoms with Gasteiger partial charge in [-0.1, -0.05) is 13.8 Å². The van der Waals surface area contributed by atoms with Crippen LogP contribution in [0.5, 0.6) is 0 Å². The molecule has 60 heavy (non-hydrogen) atoms. The Kier molecular flexibility index (Phi) is 52.6. The Morgan fingerprint density at radius 3 is 1.03 bits per heavy atom. The number of hydrogen-bond acceptors (Lipinski definition) is 16. The molecule has 0 spiro atoms. The fraction of sp³-hybridized carbons (Fsp3) is 0.846. The topological polar surface area (TPSA) is 260 Å². The van der Waals surface area contributed by atoms with Gasteiger partial charge in [0, 0.05) is 59.2 Å². The third-order valence-corrected chi connectivity index (χ3v) is 6.85. The van der Waals surface area contributed by atoms with E-state index in [9.17, 15) is 28.8 Å². The molecule has 0 fully saturated rings. The van der Waals surface area contributed by atoms with Crippen molar-refractivity contribution in [1.29, 1.82) is 0 Å². The van der Waals surface area contributed by atoms with Crippen LogP contribution in [0.1, 0.15) is 52.9 Å². The van der Waals surface area contributed by atoms with Gasteiger partial charge in [0.2, 0.25) is 29.5 Å². The minimum absolute atomic E-state index is 0.0108. The number of ketones is 1. The van der Waals surface area contributed by atoms with Crippen LogP contribution in [0.4, 0.5) is 0 Å². The van der Waals surface area contributed by atoms with Crippen molar-refractivity contribution in [3.63, 3.8) is 0 Å². The summed E-state index contributed by atoms with van der Waals surface area (Å²) >= 11 is 0. The van der Waals surface area contributed by atoms with Gasteiger partial charge in [0.15, 0.2) is 5.78 Å². The van der Waals surface area contributed by atoms with Crippen molar-refractivity contribution < 1.29 is 66.7 Å². The van der Waals surface area contributed by atoms with Crippen LogP contribution in [0.3, 0.4) is 0 Å². The smallest absolute Gasteiger partial charge is 0.246 e. The minimum atomic E-state index is -0.276. The first-order chi connectivity index (χ1) is 29.1. The number of carbonyl (C=O) groups is 6. The van der Waals surface area contributed by atoms with Gasteiger partial charge >= 0.3 is 0 Å². The number of carbonyl (C=O) groups excluding carboxylic acids is 6. The Labute approximate surface area is 357 Å². The zero-order valence-electron chi connectivity index (χ0n) is 37.3. The predicted molar refractivity (Wildman–Crippen MR) is 226 cm³/mol. The van der Waals surface area contributed by atoms with Crippen molar-refractivity contribution in [2.24, 2.45) is 0 Å². The zero-order valence-corrected chi connectivity index (χ0v) is 37.3. The average molecular weight is 870 g/mol. The molecule has 21 heteroatoms. The molecule has 0 aliphatic carbocycles. The molecular weight excluding hydrogens is 790 g/mol. The van der Waals surface area contributed by atoms with E-state index in [1.165, 1.54) is 6.92 Å². The van der Waals surface area contributed by atoms with Crippen molar-refractivity contribution in [2.75, 3.05) is 166 Å². The number of ether oxygens (including phenoxy) is 8. The van der Waals surface area contributed by atoms with Crippen LogP contribution < -0.4 is 37.2 Å². The summed E-state index contributed by atoms with van der Waals surface area (Å²) in [6.45, 7) is 15.0. The fourth-order valence-corrected chi connectivity index (χ4v) is 3.79. The number of Topliss-reactive ketones (excluding diaryl/α,β-unsaturated/α-hetero) is 1. The summed E-state index contributed by atoms with van der Waals surface area (Å²) in [7, 11) is 5.35. The van der Waals surface area contributed by atoms with Crippen LogP contribution in [-0.4, -0.2) is 201 Å². The molecule has 0 bridgehead atoms. The highest BCUT2D eigenvalue weighted by molar-refractivity contribution is 5.80. The lowest BCUT2D eigenvalue weighted by molar-refractivity contribution is -0.131. The Bertz CT molecular complexity index is 1030. The van der Waals surface area contributed by atoms with E-state index >= 15 is 0 Å². The maximum atomic E-state index is 11.5. The van der Waals surface area contributed by atoms with Crippen LogP contribution >= 0.6 is 0 Å². The van der Waals surface area contributed by atoms with Gasteiger partial charge in [-0.2, -0.15) is 0 Å². The van der Waals surface area contributed by atoms with Crippen LogP contribution in [0.15, 0.2) is 0 Å². The second-order valence-corrected chi connectivity index (χ2v) is 12.5. The van der Waals surface area contributed by atoms with E-state index < -0.39 is 0 Å². The van der Waals surface area contributed by atoms with E-state index in [4.69, 9.17) is 37.9 Å². The molecule has 0 unspecified atom stereocenters. The highest BCUT2D eigenvalue weighted by Gasteiger charge is 2.05. The molecule has 5 amide bonds. The standard InChI is InChI=1S/C16H33N3O6.C14H28N2O6.C9H18N2O2/c1-3-4-18-15(20)13-25-14-16(21)19-6-8-23-10-12-24-11-9-22-7-5-17-2;1-13(17)11-22-12-14(18)16-4-6-20-8-10-21-9-7-19-5-3-15-2;1-3-7-11-9(13)6-4-5-8(12)10-2/h17H,3-14H2,1-2H3,(H,18,20)(H,19,21);15H,3-12H2,1-2H3,(H,16,18);3-7H2,1-2H3,(H,10,12)(H,11,13). The summed E-state index contributed by atoms with van der Waals surface area (Å²) in [6.07, 6.45) is 3.29. The van der Waals surface area contributed by atoms with Gasteiger partial charge in [-0.25, -0.2) is 0 Å². The number of amides is 5. The quantitative estimate of drug-likeness (QED) is 0.0340. The molecule has 0 rings (SSSR count). The van der Waals surface area contributed by atoms with Crippen molar-refractivity contribution in [2.45, 2.75) is 52.9 Å². The molecule has 0 aromatic heterocycles. The Hall–Kier alpha value is -3.38. The number of hydrogen-bond donors (Lipinski definition) is 7. The van der Waals surface area contributed by atoms with Gasteiger partial charge in [-0.15, -0.1) is 0 Å². The van der Waals surface area contributed by atoms with Crippen molar-refractivity contribution in [3.8, 4) is 0 Å². The highest BCUT2D eigenvalue weighted by atomic mass is 16.5. The molecule has 0 atom stereocenters. The first kappa shape index (κ1) is 60.9. The van der Waals surface area contributed by atoms with Crippen molar-refractivity contribution in [1.82, 2.24) is 37.2 Å². The molecule has 0 saturated carbocycles. The summed E-state index contributed by atoms with van der Waals surface area (Å²) < 4.78 is 41.7. The maximum absolute atomic E-state index is 11.5. The SMILES string of the molecule is CCCNC(=O)CCCC(=O)NC.CCCNC(=O)COCC(=O)NCCOCCOCCOCCNC.CNCCOCCOCCOCCNC(=O)COCC(C)=O. The molecule has 7 N–H and O–H groups in total. The predicted octanol–water partition coefficient (Wildman–Crippen LogP) is -1.68. The number of nitrogens with one attached hydrogen (secondary N) is 7. The summed E-state index contributed by atoms with van der Waals surface area (Å²) in [6, 6.07) is 0. The second-order valence-electron chi connectivity index (χ2n) is 12.5. The Morgan fingerprint density at radius 2 is 0.683 bits per heavy atom. The van der Waals surface area contributed by atoms with Crippen LogP contribution in [0.2, 0.25) is 0 Å². The lowest BCUT2D eigenvalue weighted by Gasteiger charge is -2.08. The lowest BCUT2D eigenvalue weighted by Crippen LogP contribution is -2.33. The van der Waals surface area contributed by atoms with Gasteiger partial charge in [-0.05, 0) is 40.3 Å². The van der Waals surface area contributed by atoms with E-state index in [1.54, 1.807) is 7.05 Å². The lowest BCUT2D eigenvalue weighted by atomic mass is 10.2. The zero-order chi connectivity index (χ0) is 45.2. The van der Waals surface area contributed by atoms with E-state index in [0.29, 0.717) is 118 Å². The van der Waals surface area contributed by atoms with Crippen LogP contribution in [0.25, 0.3) is 0 Å². The highest BCUT2D eigenvalue weighted by Crippen LogP contribution is 1.95. The molecule has 0 aromatic rings. The summed E-state index contributed by atoms with van der Waals surface area (Å²) in [5.41, 5.74) is 0. The molecule has 21 nitrogen and oxygen atoms in total. The third-order valence-electron chi connectivity index (χ3n) is 6.85. The third kappa shape index (κ3) is 56.7. The molecule has 0 aromatic carbocycles. The average Bonchev–Trinajstić information content (AvgIpc) is 3.23. The van der Waals surface area contributed by atoms with Crippen LogP contribution in [-0.2, 0) is 66.7 Å². The van der Waals surface area contributed by atoms with Gasteiger partial charge in [0.05, 0.1) is 79.3 Å². The maximum Gasteiger partial charge on any atom is 0.246 e. The summed E-state index contributed by atoms with van der Waals surface area (Å²) in [5, 5.41) is 19.2. The second kappa shape index (κ2) is 51.8. The Morgan fingerprint density at radius 1 is 0.367 bits per heavy atom. The fourth-order valence-electron chi connectivity index (χ4n) is 3.79. The van der Waals surface area contributed by atoms with Crippen LogP contribution in [0, 0.1) is 0 Å². The first-order valence-electron chi connectivity index (χ1n) is 20.8. The summed E-state index contributed by atoms with van der Waals surface area (Å²) in [5.74, 6) is -0.843. The molecule has 0 radical (unpaired) electrons. The largest absolute Gasteiger partial charge is 0.378 e. The van der Waals surface area contributed by atoms with E-state index in [1.807, 2.05) is 27.9 Å². The minimum Gasteiger partial charge on any atom is -0.378 e. The normalized spacial score (nSPS) is 10.4. The molecule has 354 valence electrons. The summed E-state index contributed by atoms with van der Waals surface area (Å²) in [4.78, 5) is 66.4. The first-order valence-corrected chi connectivity index (χ1v) is 20.8. The van der Waals surface area contributed by atoms with Gasteiger partial charge < -0.3 is 75.1 Å². The Balaban J connectivity index is -0.000000851. The number of rotatable bonds is 40. The van der Waals surface area contributed by atoms with Gasteiger partial charge in [0.1, 0.15) is 26.4 Å².